The molecule has 1 fully saturated rings. The van der Waals surface area contributed by atoms with Crippen LogP contribution in [0.4, 0.5) is 0 Å². The van der Waals surface area contributed by atoms with Crippen LogP contribution < -0.4 is 5.32 Å². The molecule has 1 rings (SSSR count). The fraction of sp³-hybridized carbons (Fsp3) is 1.00. The molecular formula is C12H25NS. The second-order valence-electron chi connectivity index (χ2n) is 4.44. The van der Waals surface area contributed by atoms with Gasteiger partial charge in [0.1, 0.15) is 0 Å². The Hall–Kier alpha value is 0.310. The molecular weight excluding hydrogens is 190 g/mol. The zero-order valence-electron chi connectivity index (χ0n) is 9.72. The Morgan fingerprint density at radius 3 is 2.64 bits per heavy atom. The van der Waals surface area contributed by atoms with Gasteiger partial charge >= 0.3 is 0 Å². The van der Waals surface area contributed by atoms with Crippen molar-refractivity contribution in [2.75, 3.05) is 25.1 Å². The van der Waals surface area contributed by atoms with Crippen molar-refractivity contribution in [3.63, 3.8) is 0 Å². The van der Waals surface area contributed by atoms with E-state index in [1.54, 1.807) is 0 Å². The minimum Gasteiger partial charge on any atom is -0.316 e. The third-order valence-electron chi connectivity index (χ3n) is 3.33. The van der Waals surface area contributed by atoms with E-state index in [4.69, 9.17) is 0 Å². The first-order valence-corrected chi connectivity index (χ1v) is 7.47. The van der Waals surface area contributed by atoms with Gasteiger partial charge in [-0.15, -0.1) is 0 Å². The SMILES string of the molecule is CCCNCC1CCC1CCCSC. The topological polar surface area (TPSA) is 12.0 Å². The third-order valence-corrected chi connectivity index (χ3v) is 4.03. The van der Waals surface area contributed by atoms with Crippen molar-refractivity contribution in [2.45, 2.75) is 39.0 Å². The zero-order chi connectivity index (χ0) is 10.2. The van der Waals surface area contributed by atoms with E-state index in [-0.39, 0.29) is 0 Å². The van der Waals surface area contributed by atoms with Gasteiger partial charge in [-0.05, 0) is 69.0 Å². The van der Waals surface area contributed by atoms with Gasteiger partial charge in [-0.1, -0.05) is 6.92 Å². The van der Waals surface area contributed by atoms with Crippen molar-refractivity contribution in [3.05, 3.63) is 0 Å². The second-order valence-corrected chi connectivity index (χ2v) is 5.42. The summed E-state index contributed by atoms with van der Waals surface area (Å²) in [6.07, 6.45) is 9.34. The Kier molecular flexibility index (Phi) is 6.70. The average molecular weight is 215 g/mol. The second kappa shape index (κ2) is 7.58. The van der Waals surface area contributed by atoms with Crippen molar-refractivity contribution >= 4 is 11.8 Å². The average Bonchev–Trinajstić information content (AvgIpc) is 2.17. The molecule has 1 aliphatic rings. The normalized spacial score (nSPS) is 26.1. The van der Waals surface area contributed by atoms with E-state index in [2.05, 4.69) is 18.5 Å². The largest absolute Gasteiger partial charge is 0.316 e. The van der Waals surface area contributed by atoms with Crippen LogP contribution >= 0.6 is 11.8 Å². The summed E-state index contributed by atoms with van der Waals surface area (Å²) >= 11 is 1.99. The maximum absolute atomic E-state index is 3.55. The summed E-state index contributed by atoms with van der Waals surface area (Å²) in [6.45, 7) is 4.72. The number of rotatable bonds is 8. The lowest BCUT2D eigenvalue weighted by molar-refractivity contribution is 0.160. The number of hydrogen-bond acceptors (Lipinski definition) is 2. The van der Waals surface area contributed by atoms with Crippen LogP contribution in [0.5, 0.6) is 0 Å². The lowest BCUT2D eigenvalue weighted by atomic mass is 9.71. The monoisotopic (exact) mass is 215 g/mol. The molecule has 84 valence electrons. The Bertz CT molecular complexity index is 122. The maximum Gasteiger partial charge on any atom is -0.00179 e. The van der Waals surface area contributed by atoms with Gasteiger partial charge in [0.25, 0.3) is 0 Å². The van der Waals surface area contributed by atoms with E-state index >= 15 is 0 Å². The summed E-state index contributed by atoms with van der Waals surface area (Å²) in [4.78, 5) is 0. The molecule has 0 spiro atoms. The van der Waals surface area contributed by atoms with Crippen molar-refractivity contribution < 1.29 is 0 Å². The van der Waals surface area contributed by atoms with Crippen LogP contribution in [0.1, 0.15) is 39.0 Å². The first kappa shape index (κ1) is 12.4. The number of nitrogens with one attached hydrogen (secondary N) is 1. The van der Waals surface area contributed by atoms with Crippen molar-refractivity contribution in [1.82, 2.24) is 5.32 Å². The fourth-order valence-electron chi connectivity index (χ4n) is 2.24. The van der Waals surface area contributed by atoms with E-state index in [0.717, 1.165) is 11.8 Å². The molecule has 14 heavy (non-hydrogen) atoms. The van der Waals surface area contributed by atoms with Gasteiger partial charge in [-0.3, -0.25) is 0 Å². The van der Waals surface area contributed by atoms with Gasteiger partial charge in [0.05, 0.1) is 0 Å². The Morgan fingerprint density at radius 2 is 2.07 bits per heavy atom. The van der Waals surface area contributed by atoms with Gasteiger partial charge < -0.3 is 5.32 Å². The molecule has 0 heterocycles. The molecule has 1 saturated carbocycles. The molecule has 0 aromatic carbocycles. The Balaban J connectivity index is 1.97. The van der Waals surface area contributed by atoms with Crippen LogP contribution in [0, 0.1) is 11.8 Å². The fourth-order valence-corrected chi connectivity index (χ4v) is 2.70. The van der Waals surface area contributed by atoms with Crippen molar-refractivity contribution in [1.29, 1.82) is 0 Å². The van der Waals surface area contributed by atoms with Gasteiger partial charge in [0, 0.05) is 0 Å². The standard InChI is InChI=1S/C12H25NS/c1-3-8-13-10-12-7-6-11(12)5-4-9-14-2/h11-13H,3-10H2,1-2H3. The minimum atomic E-state index is 1.00. The summed E-state index contributed by atoms with van der Waals surface area (Å²) in [5.74, 6) is 3.40. The van der Waals surface area contributed by atoms with Crippen LogP contribution in [-0.2, 0) is 0 Å². The highest BCUT2D eigenvalue weighted by molar-refractivity contribution is 7.98. The molecule has 0 radical (unpaired) electrons. The zero-order valence-corrected chi connectivity index (χ0v) is 10.5. The highest BCUT2D eigenvalue weighted by atomic mass is 32.2. The highest BCUT2D eigenvalue weighted by Gasteiger charge is 2.29. The third kappa shape index (κ3) is 4.22. The Labute approximate surface area is 93.4 Å². The molecule has 0 amide bonds. The van der Waals surface area contributed by atoms with E-state index in [1.807, 2.05) is 11.8 Å². The van der Waals surface area contributed by atoms with E-state index in [1.165, 1.54) is 50.9 Å². The summed E-state index contributed by atoms with van der Waals surface area (Å²) in [5, 5.41) is 3.55. The molecule has 1 aliphatic carbocycles. The Morgan fingerprint density at radius 1 is 1.29 bits per heavy atom. The van der Waals surface area contributed by atoms with Crippen LogP contribution in [-0.4, -0.2) is 25.1 Å². The molecule has 1 nitrogen and oxygen atoms in total. The van der Waals surface area contributed by atoms with E-state index in [9.17, 15) is 0 Å². The molecule has 0 aromatic heterocycles. The van der Waals surface area contributed by atoms with Gasteiger partial charge in [-0.25, -0.2) is 0 Å². The predicted molar refractivity (Wildman–Crippen MR) is 67.0 cm³/mol. The van der Waals surface area contributed by atoms with Crippen LogP contribution in [0.15, 0.2) is 0 Å². The van der Waals surface area contributed by atoms with Crippen LogP contribution in [0.2, 0.25) is 0 Å². The van der Waals surface area contributed by atoms with E-state index < -0.39 is 0 Å². The first-order chi connectivity index (χ1) is 6.88. The molecule has 2 atom stereocenters. The van der Waals surface area contributed by atoms with Gasteiger partial charge in [0.15, 0.2) is 0 Å². The lowest BCUT2D eigenvalue weighted by Crippen LogP contribution is -2.35. The summed E-state index contributed by atoms with van der Waals surface area (Å²) in [5.41, 5.74) is 0. The van der Waals surface area contributed by atoms with Crippen molar-refractivity contribution in [3.8, 4) is 0 Å². The molecule has 1 N–H and O–H groups in total. The summed E-state index contributed by atoms with van der Waals surface area (Å²) < 4.78 is 0. The van der Waals surface area contributed by atoms with Gasteiger partial charge in [0.2, 0.25) is 0 Å². The molecule has 0 bridgehead atoms. The van der Waals surface area contributed by atoms with E-state index in [0.29, 0.717) is 0 Å². The van der Waals surface area contributed by atoms with Crippen LogP contribution in [0.3, 0.4) is 0 Å². The molecule has 0 aromatic rings. The lowest BCUT2D eigenvalue weighted by Gasteiger charge is -2.37. The summed E-state index contributed by atoms with van der Waals surface area (Å²) in [7, 11) is 0. The maximum atomic E-state index is 3.55. The first-order valence-electron chi connectivity index (χ1n) is 6.08. The number of thioether (sulfide) groups is 1. The highest BCUT2D eigenvalue weighted by Crippen LogP contribution is 2.37. The van der Waals surface area contributed by atoms with Crippen molar-refractivity contribution in [2.24, 2.45) is 11.8 Å². The van der Waals surface area contributed by atoms with Crippen LogP contribution in [0.25, 0.3) is 0 Å². The predicted octanol–water partition coefficient (Wildman–Crippen LogP) is 3.16. The summed E-state index contributed by atoms with van der Waals surface area (Å²) in [6, 6.07) is 0. The smallest absolute Gasteiger partial charge is 0.00179 e. The molecule has 2 heteroatoms. The minimum absolute atomic E-state index is 1.00. The van der Waals surface area contributed by atoms with Gasteiger partial charge in [-0.2, -0.15) is 11.8 Å². The quantitative estimate of drug-likeness (QED) is 0.624. The molecule has 2 unspecified atom stereocenters. The molecule has 0 aliphatic heterocycles. The molecule has 0 saturated heterocycles. The number of hydrogen-bond donors (Lipinski definition) is 1.